The molecule has 0 bridgehead atoms. The molecule has 0 aliphatic rings. The molecule has 0 saturated carbocycles. The lowest BCUT2D eigenvalue weighted by Gasteiger charge is -2.19. The van der Waals surface area contributed by atoms with Crippen LogP contribution in [0, 0.1) is 12.8 Å². The van der Waals surface area contributed by atoms with Gasteiger partial charge in [-0.1, -0.05) is 31.5 Å². The van der Waals surface area contributed by atoms with Crippen molar-refractivity contribution in [2.24, 2.45) is 5.92 Å². The Labute approximate surface area is 91.9 Å². The Kier molecular flexibility index (Phi) is 3.89. The Morgan fingerprint density at radius 2 is 2.07 bits per heavy atom. The number of nitrogens with zero attached hydrogens (tertiary/aromatic N) is 1. The smallest absolute Gasteiger partial charge is 0.253 e. The number of rotatable bonds is 3. The zero-order valence-electron chi connectivity index (χ0n) is 9.95. The standard InChI is InChI=1S/C13H19NO/c1-10(2)9-14(4)13(15)12-7-5-6-11(3)8-12/h5-8,10H,9H2,1-4H3. The molecule has 0 saturated heterocycles. The first-order valence-corrected chi connectivity index (χ1v) is 5.33. The van der Waals surface area contributed by atoms with E-state index in [1.807, 2.05) is 38.2 Å². The van der Waals surface area contributed by atoms with E-state index in [1.54, 1.807) is 4.90 Å². The van der Waals surface area contributed by atoms with Crippen molar-refractivity contribution in [2.75, 3.05) is 13.6 Å². The first-order chi connectivity index (χ1) is 7.00. The minimum atomic E-state index is 0.104. The fraction of sp³-hybridized carbons (Fsp3) is 0.462. The van der Waals surface area contributed by atoms with E-state index < -0.39 is 0 Å². The van der Waals surface area contributed by atoms with Gasteiger partial charge in [0.2, 0.25) is 0 Å². The summed E-state index contributed by atoms with van der Waals surface area (Å²) in [6.07, 6.45) is 0. The molecule has 82 valence electrons. The lowest BCUT2D eigenvalue weighted by molar-refractivity contribution is 0.0779. The van der Waals surface area contributed by atoms with Crippen molar-refractivity contribution in [2.45, 2.75) is 20.8 Å². The maximum absolute atomic E-state index is 12.0. The van der Waals surface area contributed by atoms with Crippen LogP contribution < -0.4 is 0 Å². The normalized spacial score (nSPS) is 10.5. The van der Waals surface area contributed by atoms with Crippen LogP contribution in [0.3, 0.4) is 0 Å². The van der Waals surface area contributed by atoms with Crippen molar-refractivity contribution >= 4 is 5.91 Å². The second-order valence-electron chi connectivity index (χ2n) is 4.45. The van der Waals surface area contributed by atoms with Gasteiger partial charge in [-0.2, -0.15) is 0 Å². The molecule has 0 N–H and O–H groups in total. The zero-order chi connectivity index (χ0) is 11.4. The summed E-state index contributed by atoms with van der Waals surface area (Å²) in [5, 5.41) is 0. The molecule has 0 aromatic heterocycles. The number of hydrogen-bond donors (Lipinski definition) is 0. The van der Waals surface area contributed by atoms with Gasteiger partial charge >= 0.3 is 0 Å². The maximum Gasteiger partial charge on any atom is 0.253 e. The number of benzene rings is 1. The molecular formula is C13H19NO. The summed E-state index contributed by atoms with van der Waals surface area (Å²) in [7, 11) is 1.85. The molecule has 0 unspecified atom stereocenters. The number of amides is 1. The Hall–Kier alpha value is -1.31. The summed E-state index contributed by atoms with van der Waals surface area (Å²) in [5.74, 6) is 0.608. The summed E-state index contributed by atoms with van der Waals surface area (Å²) >= 11 is 0. The number of carbonyl (C=O) groups excluding carboxylic acids is 1. The van der Waals surface area contributed by atoms with Crippen molar-refractivity contribution in [3.8, 4) is 0 Å². The topological polar surface area (TPSA) is 20.3 Å². The number of carbonyl (C=O) groups is 1. The van der Waals surface area contributed by atoms with Crippen LogP contribution >= 0.6 is 0 Å². The lowest BCUT2D eigenvalue weighted by atomic mass is 10.1. The SMILES string of the molecule is Cc1cccc(C(=O)N(C)CC(C)C)c1. The van der Waals surface area contributed by atoms with Gasteiger partial charge in [-0.15, -0.1) is 0 Å². The molecule has 1 amide bonds. The van der Waals surface area contributed by atoms with Crippen molar-refractivity contribution < 1.29 is 4.79 Å². The van der Waals surface area contributed by atoms with Crippen molar-refractivity contribution in [3.05, 3.63) is 35.4 Å². The molecule has 0 atom stereocenters. The number of aryl methyl sites for hydroxylation is 1. The van der Waals surface area contributed by atoms with Gasteiger partial charge in [-0.05, 0) is 25.0 Å². The molecule has 1 aromatic rings. The second-order valence-corrected chi connectivity index (χ2v) is 4.45. The molecule has 0 heterocycles. The van der Waals surface area contributed by atoms with Crippen LogP contribution in [-0.4, -0.2) is 24.4 Å². The second kappa shape index (κ2) is 4.96. The average molecular weight is 205 g/mol. The quantitative estimate of drug-likeness (QED) is 0.743. The third-order valence-corrected chi connectivity index (χ3v) is 2.25. The maximum atomic E-state index is 12.0. The first kappa shape index (κ1) is 11.8. The summed E-state index contributed by atoms with van der Waals surface area (Å²) < 4.78 is 0. The number of hydrogen-bond acceptors (Lipinski definition) is 1. The molecule has 2 nitrogen and oxygen atoms in total. The van der Waals surface area contributed by atoms with Crippen molar-refractivity contribution in [1.82, 2.24) is 4.90 Å². The van der Waals surface area contributed by atoms with Crippen LogP contribution in [-0.2, 0) is 0 Å². The van der Waals surface area contributed by atoms with Crippen LogP contribution in [0.2, 0.25) is 0 Å². The van der Waals surface area contributed by atoms with E-state index in [0.717, 1.165) is 17.7 Å². The van der Waals surface area contributed by atoms with Gasteiger partial charge < -0.3 is 4.90 Å². The molecule has 0 aliphatic carbocycles. The third-order valence-electron chi connectivity index (χ3n) is 2.25. The van der Waals surface area contributed by atoms with Crippen LogP contribution in [0.25, 0.3) is 0 Å². The summed E-state index contributed by atoms with van der Waals surface area (Å²) in [6, 6.07) is 7.72. The van der Waals surface area contributed by atoms with E-state index in [9.17, 15) is 4.79 Å². The Balaban J connectivity index is 2.76. The fourth-order valence-electron chi connectivity index (χ4n) is 1.63. The molecule has 1 rings (SSSR count). The summed E-state index contributed by atoms with van der Waals surface area (Å²) in [4.78, 5) is 13.7. The van der Waals surface area contributed by atoms with E-state index in [2.05, 4.69) is 13.8 Å². The van der Waals surface area contributed by atoms with E-state index >= 15 is 0 Å². The minimum absolute atomic E-state index is 0.104. The van der Waals surface area contributed by atoms with Crippen LogP contribution in [0.15, 0.2) is 24.3 Å². The highest BCUT2D eigenvalue weighted by Gasteiger charge is 2.12. The van der Waals surface area contributed by atoms with E-state index in [1.165, 1.54) is 0 Å². The van der Waals surface area contributed by atoms with Gasteiger partial charge in [0.25, 0.3) is 5.91 Å². The minimum Gasteiger partial charge on any atom is -0.341 e. The molecular weight excluding hydrogens is 186 g/mol. The summed E-state index contributed by atoms with van der Waals surface area (Å²) in [5.41, 5.74) is 1.90. The van der Waals surface area contributed by atoms with Gasteiger partial charge in [0, 0.05) is 19.2 Å². The largest absolute Gasteiger partial charge is 0.341 e. The fourth-order valence-corrected chi connectivity index (χ4v) is 1.63. The van der Waals surface area contributed by atoms with Gasteiger partial charge in [0.1, 0.15) is 0 Å². The molecule has 0 aliphatic heterocycles. The van der Waals surface area contributed by atoms with Gasteiger partial charge in [-0.3, -0.25) is 4.79 Å². The third kappa shape index (κ3) is 3.39. The summed E-state index contributed by atoms with van der Waals surface area (Å²) in [6.45, 7) is 7.02. The predicted octanol–water partition coefficient (Wildman–Crippen LogP) is 2.72. The van der Waals surface area contributed by atoms with Gasteiger partial charge in [0.05, 0.1) is 0 Å². The molecule has 1 aromatic carbocycles. The van der Waals surface area contributed by atoms with Crippen molar-refractivity contribution in [1.29, 1.82) is 0 Å². The molecule has 15 heavy (non-hydrogen) atoms. The van der Waals surface area contributed by atoms with Crippen LogP contribution in [0.5, 0.6) is 0 Å². The molecule has 0 fully saturated rings. The zero-order valence-corrected chi connectivity index (χ0v) is 9.95. The van der Waals surface area contributed by atoms with Crippen molar-refractivity contribution in [3.63, 3.8) is 0 Å². The van der Waals surface area contributed by atoms with Crippen LogP contribution in [0.1, 0.15) is 29.8 Å². The first-order valence-electron chi connectivity index (χ1n) is 5.33. The predicted molar refractivity (Wildman–Crippen MR) is 63.0 cm³/mol. The Morgan fingerprint density at radius 1 is 1.40 bits per heavy atom. The van der Waals surface area contributed by atoms with E-state index in [-0.39, 0.29) is 5.91 Å². The van der Waals surface area contributed by atoms with Gasteiger partial charge in [0.15, 0.2) is 0 Å². The highest BCUT2D eigenvalue weighted by atomic mass is 16.2. The highest BCUT2D eigenvalue weighted by molar-refractivity contribution is 5.94. The van der Waals surface area contributed by atoms with E-state index in [4.69, 9.17) is 0 Å². The van der Waals surface area contributed by atoms with E-state index in [0.29, 0.717) is 5.92 Å². The van der Waals surface area contributed by atoms with Gasteiger partial charge in [-0.25, -0.2) is 0 Å². The highest BCUT2D eigenvalue weighted by Crippen LogP contribution is 2.08. The molecule has 0 radical (unpaired) electrons. The average Bonchev–Trinajstić information content (AvgIpc) is 2.15. The Bertz CT molecular complexity index is 344. The Morgan fingerprint density at radius 3 is 2.60 bits per heavy atom. The van der Waals surface area contributed by atoms with Crippen LogP contribution in [0.4, 0.5) is 0 Å². The molecule has 2 heteroatoms. The molecule has 0 spiro atoms. The monoisotopic (exact) mass is 205 g/mol. The lowest BCUT2D eigenvalue weighted by Crippen LogP contribution is -2.30.